The molecular formula is C43H65FN2O3S. The average molecular weight is 709 g/mol. The molecule has 0 radical (unpaired) electrons. The van der Waals surface area contributed by atoms with Crippen LogP contribution in [0.25, 0.3) is 5.57 Å². The van der Waals surface area contributed by atoms with Crippen LogP contribution in [0, 0.1) is 51.1 Å². The monoisotopic (exact) mass is 708 g/mol. The van der Waals surface area contributed by atoms with Crippen LogP contribution in [0.2, 0.25) is 0 Å². The number of hydrogen-bond donors (Lipinski definition) is 2. The van der Waals surface area contributed by atoms with Crippen LogP contribution in [0.15, 0.2) is 36.9 Å². The van der Waals surface area contributed by atoms with Gasteiger partial charge in [0, 0.05) is 40.9 Å². The molecule has 1 heterocycles. The number of rotatable bonds is 7. The van der Waals surface area contributed by atoms with Gasteiger partial charge in [-0.1, -0.05) is 59.3 Å². The molecule has 7 unspecified atom stereocenters. The Morgan fingerprint density at radius 1 is 1.00 bits per heavy atom. The van der Waals surface area contributed by atoms with Gasteiger partial charge in [0.1, 0.15) is 5.82 Å². The second-order valence-electron chi connectivity index (χ2n) is 18.2. The fourth-order valence-electron chi connectivity index (χ4n) is 13.4. The van der Waals surface area contributed by atoms with E-state index in [0.717, 1.165) is 61.5 Å². The summed E-state index contributed by atoms with van der Waals surface area (Å²) in [7, 11) is -0.602. The molecule has 1 aromatic carbocycles. The van der Waals surface area contributed by atoms with Crippen LogP contribution in [0.1, 0.15) is 128 Å². The first kappa shape index (κ1) is 37.9. The van der Waals surface area contributed by atoms with Crippen molar-refractivity contribution in [3.63, 3.8) is 0 Å². The number of benzene rings is 1. The largest absolute Gasteiger partial charge is 0.478 e. The van der Waals surface area contributed by atoms with Gasteiger partial charge in [0.05, 0.1) is 5.56 Å². The lowest BCUT2D eigenvalue weighted by Crippen LogP contribution is -2.67. The van der Waals surface area contributed by atoms with Crippen LogP contribution < -0.4 is 5.32 Å². The third-order valence-electron chi connectivity index (χ3n) is 15.8. The first-order chi connectivity index (χ1) is 23.7. The lowest BCUT2D eigenvalue weighted by Gasteiger charge is -2.72. The zero-order valence-corrected chi connectivity index (χ0v) is 32.7. The normalized spacial score (nSPS) is 39.5. The maximum atomic E-state index is 14.9. The number of aromatic carboxylic acids is 1. The molecule has 0 aromatic heterocycles. The summed E-state index contributed by atoms with van der Waals surface area (Å²) >= 11 is 0. The number of carboxylic acids is 1. The fourth-order valence-corrected chi connectivity index (χ4v) is 14.5. The summed E-state index contributed by atoms with van der Waals surface area (Å²) in [5, 5.41) is 13.6. The van der Waals surface area contributed by atoms with Crippen molar-refractivity contribution in [1.82, 2.24) is 10.2 Å². The highest BCUT2D eigenvalue weighted by Gasteiger charge is 2.69. The molecule has 278 valence electrons. The lowest BCUT2D eigenvalue weighted by atomic mass is 9.33. The molecule has 1 aliphatic heterocycles. The molecule has 1 aromatic rings. The minimum Gasteiger partial charge on any atom is -0.478 e. The minimum absolute atomic E-state index is 0.119. The third kappa shape index (κ3) is 6.21. The summed E-state index contributed by atoms with van der Waals surface area (Å²) in [5.74, 6) is 2.56. The summed E-state index contributed by atoms with van der Waals surface area (Å²) in [5.41, 5.74) is 2.81. The SMILES string of the molecule is C=CC.CC1(C)C(c2ccc(C(=O)O)c(F)c2)=CCC2(C)C1CCC1(C)C2CCC2C3CCCC3(NCCCN3CCS(=O)CC3)CC[C@]21C. The molecule has 6 aliphatic rings. The van der Waals surface area contributed by atoms with Gasteiger partial charge in [0.15, 0.2) is 0 Å². The van der Waals surface area contributed by atoms with Crippen LogP contribution in [0.4, 0.5) is 4.39 Å². The van der Waals surface area contributed by atoms with Crippen molar-refractivity contribution in [2.24, 2.45) is 45.3 Å². The minimum atomic E-state index is -1.21. The third-order valence-corrected chi connectivity index (χ3v) is 17.1. The van der Waals surface area contributed by atoms with E-state index in [-0.39, 0.29) is 16.4 Å². The molecule has 5 fully saturated rings. The zero-order chi connectivity index (χ0) is 36.1. The summed E-state index contributed by atoms with van der Waals surface area (Å²) in [6.07, 6.45) is 18.2. The van der Waals surface area contributed by atoms with Crippen LogP contribution in [-0.4, -0.2) is 63.4 Å². The summed E-state index contributed by atoms with van der Waals surface area (Å²) in [4.78, 5) is 14.0. The van der Waals surface area contributed by atoms with Crippen molar-refractivity contribution >= 4 is 22.3 Å². The number of fused-ring (bicyclic) bond motifs is 7. The van der Waals surface area contributed by atoms with E-state index in [4.69, 9.17) is 0 Å². The Morgan fingerprint density at radius 3 is 2.40 bits per heavy atom. The number of hydrogen-bond acceptors (Lipinski definition) is 4. The average Bonchev–Trinajstić information content (AvgIpc) is 3.48. The molecular weight excluding hydrogens is 644 g/mol. The Morgan fingerprint density at radius 2 is 1.72 bits per heavy atom. The van der Waals surface area contributed by atoms with Crippen molar-refractivity contribution < 1.29 is 18.5 Å². The molecule has 50 heavy (non-hydrogen) atoms. The van der Waals surface area contributed by atoms with Crippen LogP contribution in [0.3, 0.4) is 0 Å². The Bertz CT molecular complexity index is 1500. The molecule has 0 bridgehead atoms. The van der Waals surface area contributed by atoms with Gasteiger partial charge < -0.3 is 15.3 Å². The second kappa shape index (κ2) is 14.2. The molecule has 0 amide bonds. The van der Waals surface area contributed by atoms with Gasteiger partial charge in [-0.2, -0.15) is 0 Å². The second-order valence-corrected chi connectivity index (χ2v) is 19.9. The van der Waals surface area contributed by atoms with Crippen molar-refractivity contribution in [3.05, 3.63) is 53.9 Å². The number of carboxylic acid groups (broad SMARTS) is 1. The maximum absolute atomic E-state index is 14.9. The number of carbonyl (C=O) groups is 1. The van der Waals surface area contributed by atoms with E-state index in [1.165, 1.54) is 81.9 Å². The van der Waals surface area contributed by atoms with E-state index in [9.17, 15) is 18.5 Å². The molecule has 7 rings (SSSR count). The van der Waals surface area contributed by atoms with Crippen molar-refractivity contribution in [1.29, 1.82) is 0 Å². The highest BCUT2D eigenvalue weighted by atomic mass is 32.2. The highest BCUT2D eigenvalue weighted by molar-refractivity contribution is 7.85. The van der Waals surface area contributed by atoms with Crippen LogP contribution in [-0.2, 0) is 10.8 Å². The Balaban J connectivity index is 0.00000139. The van der Waals surface area contributed by atoms with Gasteiger partial charge in [0.25, 0.3) is 0 Å². The van der Waals surface area contributed by atoms with Gasteiger partial charge >= 0.3 is 5.97 Å². The van der Waals surface area contributed by atoms with E-state index in [2.05, 4.69) is 57.5 Å². The van der Waals surface area contributed by atoms with E-state index in [0.29, 0.717) is 28.2 Å². The Kier molecular flexibility index (Phi) is 10.8. The number of nitrogens with one attached hydrogen (secondary N) is 1. The molecule has 2 N–H and O–H groups in total. The standard InChI is InChI=1S/C40H59FN2O3S.C3H6/c1-36(2)29(27-9-10-28(35(44)45)32(41)26-27)13-16-37(3)33(36)14-17-39(5)34(37)12-11-30-31-8-6-15-40(31,19-18-38(30,39)4)42-20-7-21-43-22-24-47(46)25-23-43;1-3-2/h9-10,13,26,30-31,33-34,42H,6-8,11-12,14-25H2,1-5H3,(H,44,45);3H,1H2,2H3/t30?,31?,33?,34?,37?,38-,39?,40?;/m1./s1. The van der Waals surface area contributed by atoms with Gasteiger partial charge in [-0.3, -0.25) is 4.21 Å². The van der Waals surface area contributed by atoms with Gasteiger partial charge in [-0.25, -0.2) is 9.18 Å². The summed E-state index contributed by atoms with van der Waals surface area (Å²) in [6.45, 7) is 22.2. The van der Waals surface area contributed by atoms with E-state index in [1.54, 1.807) is 6.08 Å². The van der Waals surface area contributed by atoms with E-state index < -0.39 is 22.6 Å². The molecule has 1 saturated heterocycles. The summed E-state index contributed by atoms with van der Waals surface area (Å²) in [6, 6.07) is 4.72. The Labute approximate surface area is 304 Å². The lowest BCUT2D eigenvalue weighted by molar-refractivity contribution is -0.217. The predicted molar refractivity (Wildman–Crippen MR) is 205 cm³/mol. The fraction of sp³-hybridized carbons (Fsp3) is 0.744. The van der Waals surface area contributed by atoms with Gasteiger partial charge in [-0.05, 0) is 153 Å². The topological polar surface area (TPSA) is 69.6 Å². The molecule has 5 aliphatic carbocycles. The molecule has 5 nitrogen and oxygen atoms in total. The smallest absolute Gasteiger partial charge is 0.338 e. The van der Waals surface area contributed by atoms with Crippen molar-refractivity contribution in [3.8, 4) is 0 Å². The predicted octanol–water partition coefficient (Wildman–Crippen LogP) is 9.36. The molecule has 0 spiro atoms. The zero-order valence-electron chi connectivity index (χ0n) is 31.9. The molecule has 8 atom stereocenters. The van der Waals surface area contributed by atoms with Gasteiger partial charge in [0.2, 0.25) is 0 Å². The molecule has 4 saturated carbocycles. The summed E-state index contributed by atoms with van der Waals surface area (Å²) < 4.78 is 26.6. The quantitative estimate of drug-likeness (QED) is 0.218. The molecule has 7 heteroatoms. The van der Waals surface area contributed by atoms with E-state index in [1.807, 2.05) is 13.0 Å². The number of allylic oxidation sites excluding steroid dienone is 3. The van der Waals surface area contributed by atoms with E-state index >= 15 is 0 Å². The number of nitrogens with zero attached hydrogens (tertiary/aromatic N) is 1. The first-order valence-corrected chi connectivity index (χ1v) is 21.3. The highest BCUT2D eigenvalue weighted by Crippen LogP contribution is 2.76. The number of halogens is 1. The van der Waals surface area contributed by atoms with Crippen LogP contribution >= 0.6 is 0 Å². The van der Waals surface area contributed by atoms with Crippen LogP contribution in [0.5, 0.6) is 0 Å². The maximum Gasteiger partial charge on any atom is 0.338 e. The Hall–Kier alpha value is -1.83. The first-order valence-electron chi connectivity index (χ1n) is 19.8. The van der Waals surface area contributed by atoms with Gasteiger partial charge in [-0.15, -0.1) is 6.58 Å². The van der Waals surface area contributed by atoms with Crippen molar-refractivity contribution in [2.75, 3.05) is 37.7 Å². The van der Waals surface area contributed by atoms with Crippen molar-refractivity contribution in [2.45, 2.75) is 118 Å².